The Morgan fingerprint density at radius 3 is 0.938 bits per heavy atom. The molecular formula is C59H102O6. The Balaban J connectivity index is 4.47. The van der Waals surface area contributed by atoms with Gasteiger partial charge in [-0.25, -0.2) is 0 Å². The highest BCUT2D eigenvalue weighted by molar-refractivity contribution is 5.71. The van der Waals surface area contributed by atoms with E-state index in [-0.39, 0.29) is 37.5 Å². The number of carbonyl (C=O) groups is 3. The van der Waals surface area contributed by atoms with Crippen LogP contribution in [-0.4, -0.2) is 37.2 Å². The first-order valence-electron chi connectivity index (χ1n) is 27.4. The lowest BCUT2D eigenvalue weighted by Gasteiger charge is -2.18. The van der Waals surface area contributed by atoms with E-state index in [0.717, 1.165) is 77.0 Å². The molecule has 0 radical (unpaired) electrons. The van der Waals surface area contributed by atoms with E-state index in [1.54, 1.807) is 0 Å². The number of ether oxygens (including phenoxy) is 3. The summed E-state index contributed by atoms with van der Waals surface area (Å²) in [6.07, 6.45) is 67.5. The normalized spacial score (nSPS) is 12.6. The maximum Gasteiger partial charge on any atom is 0.306 e. The molecule has 0 unspecified atom stereocenters. The fraction of sp³-hybridized carbons (Fsp3) is 0.746. The molecule has 0 fully saturated rings. The fourth-order valence-electron chi connectivity index (χ4n) is 7.65. The lowest BCUT2D eigenvalue weighted by atomic mass is 10.0. The summed E-state index contributed by atoms with van der Waals surface area (Å²) in [6.45, 7) is 6.48. The molecule has 0 aromatic carbocycles. The van der Waals surface area contributed by atoms with Gasteiger partial charge in [0.25, 0.3) is 0 Å². The molecule has 0 saturated carbocycles. The second-order valence-corrected chi connectivity index (χ2v) is 18.1. The average molecular weight is 907 g/mol. The van der Waals surface area contributed by atoms with Crippen LogP contribution in [0.3, 0.4) is 0 Å². The van der Waals surface area contributed by atoms with Gasteiger partial charge in [0.2, 0.25) is 0 Å². The van der Waals surface area contributed by atoms with Crippen LogP contribution in [-0.2, 0) is 28.6 Å². The second kappa shape index (κ2) is 53.5. The lowest BCUT2D eigenvalue weighted by molar-refractivity contribution is -0.166. The van der Waals surface area contributed by atoms with Crippen molar-refractivity contribution in [2.75, 3.05) is 13.2 Å². The van der Waals surface area contributed by atoms with Crippen LogP contribution in [0.25, 0.3) is 0 Å². The Hall–Kier alpha value is -3.15. The molecule has 0 heterocycles. The van der Waals surface area contributed by atoms with Crippen molar-refractivity contribution >= 4 is 17.9 Å². The summed E-state index contributed by atoms with van der Waals surface area (Å²) in [6, 6.07) is 0. The first-order chi connectivity index (χ1) is 32.0. The lowest BCUT2D eigenvalue weighted by Crippen LogP contribution is -2.30. The van der Waals surface area contributed by atoms with Gasteiger partial charge in [-0.2, -0.15) is 0 Å². The molecule has 0 amide bonds. The summed E-state index contributed by atoms with van der Waals surface area (Å²) in [5.41, 5.74) is 0. The van der Waals surface area contributed by atoms with Gasteiger partial charge in [0, 0.05) is 19.3 Å². The molecule has 0 aliphatic heterocycles. The largest absolute Gasteiger partial charge is 0.462 e. The summed E-state index contributed by atoms with van der Waals surface area (Å²) in [4.78, 5) is 38.0. The van der Waals surface area contributed by atoms with Crippen molar-refractivity contribution in [2.45, 2.75) is 271 Å². The van der Waals surface area contributed by atoms with Crippen LogP contribution in [0.2, 0.25) is 0 Å². The molecular weight excluding hydrogens is 805 g/mol. The van der Waals surface area contributed by atoms with E-state index in [4.69, 9.17) is 14.2 Å². The predicted octanol–water partition coefficient (Wildman–Crippen LogP) is 18.2. The molecule has 0 saturated heterocycles. The topological polar surface area (TPSA) is 78.9 Å². The van der Waals surface area contributed by atoms with E-state index in [1.165, 1.54) is 141 Å². The number of hydrogen-bond donors (Lipinski definition) is 0. The highest BCUT2D eigenvalue weighted by Gasteiger charge is 2.19. The van der Waals surface area contributed by atoms with Gasteiger partial charge in [-0.15, -0.1) is 0 Å². The summed E-state index contributed by atoms with van der Waals surface area (Å²) >= 11 is 0. The van der Waals surface area contributed by atoms with Gasteiger partial charge < -0.3 is 14.2 Å². The van der Waals surface area contributed by atoms with Crippen molar-refractivity contribution in [3.8, 4) is 0 Å². The number of unbranched alkanes of at least 4 members (excludes halogenated alkanes) is 26. The van der Waals surface area contributed by atoms with E-state index >= 15 is 0 Å². The second-order valence-electron chi connectivity index (χ2n) is 18.1. The summed E-state index contributed by atoms with van der Waals surface area (Å²) in [7, 11) is 0. The number of carbonyl (C=O) groups excluding carboxylic acids is 3. The molecule has 1 atom stereocenters. The minimum absolute atomic E-state index is 0.0949. The predicted molar refractivity (Wildman–Crippen MR) is 279 cm³/mol. The Kier molecular flexibility index (Phi) is 50.9. The molecule has 0 rings (SSSR count). The van der Waals surface area contributed by atoms with Gasteiger partial charge in [0.15, 0.2) is 6.10 Å². The minimum Gasteiger partial charge on any atom is -0.462 e. The average Bonchev–Trinajstić information content (AvgIpc) is 3.30. The maximum atomic E-state index is 12.8. The third-order valence-corrected chi connectivity index (χ3v) is 11.7. The number of allylic oxidation sites excluding steroid dienone is 12. The molecule has 0 aromatic rings. The van der Waals surface area contributed by atoms with Gasteiger partial charge in [-0.3, -0.25) is 14.4 Å². The molecule has 0 spiro atoms. The monoisotopic (exact) mass is 907 g/mol. The number of esters is 3. The molecule has 6 heteroatoms. The van der Waals surface area contributed by atoms with Crippen LogP contribution in [0.15, 0.2) is 72.9 Å². The van der Waals surface area contributed by atoms with Gasteiger partial charge in [-0.1, -0.05) is 261 Å². The molecule has 0 aromatic heterocycles. The van der Waals surface area contributed by atoms with Crippen molar-refractivity contribution in [3.05, 3.63) is 72.9 Å². The highest BCUT2D eigenvalue weighted by Crippen LogP contribution is 2.16. The van der Waals surface area contributed by atoms with E-state index in [9.17, 15) is 14.4 Å². The molecule has 0 aliphatic rings. The van der Waals surface area contributed by atoms with Gasteiger partial charge >= 0.3 is 17.9 Å². The number of hydrogen-bond acceptors (Lipinski definition) is 6. The van der Waals surface area contributed by atoms with Gasteiger partial charge in [-0.05, 0) is 57.8 Å². The van der Waals surface area contributed by atoms with E-state index in [0.29, 0.717) is 19.3 Å². The van der Waals surface area contributed by atoms with Gasteiger partial charge in [0.1, 0.15) is 13.2 Å². The van der Waals surface area contributed by atoms with Crippen molar-refractivity contribution in [1.29, 1.82) is 0 Å². The van der Waals surface area contributed by atoms with Crippen LogP contribution >= 0.6 is 0 Å². The van der Waals surface area contributed by atoms with Crippen molar-refractivity contribution < 1.29 is 28.6 Å². The van der Waals surface area contributed by atoms with Crippen LogP contribution in [0, 0.1) is 0 Å². The number of rotatable bonds is 49. The molecule has 0 N–H and O–H groups in total. The Morgan fingerprint density at radius 1 is 0.323 bits per heavy atom. The zero-order valence-electron chi connectivity index (χ0n) is 42.7. The quantitative estimate of drug-likeness (QED) is 0.0262. The van der Waals surface area contributed by atoms with Crippen molar-refractivity contribution in [2.24, 2.45) is 0 Å². The fourth-order valence-corrected chi connectivity index (χ4v) is 7.65. The smallest absolute Gasteiger partial charge is 0.306 e. The van der Waals surface area contributed by atoms with Crippen LogP contribution in [0.4, 0.5) is 0 Å². The Labute approximate surface area is 402 Å². The Morgan fingerprint density at radius 2 is 0.600 bits per heavy atom. The maximum absolute atomic E-state index is 12.8. The highest BCUT2D eigenvalue weighted by atomic mass is 16.6. The molecule has 0 bridgehead atoms. The summed E-state index contributed by atoms with van der Waals surface area (Å²) in [5, 5.41) is 0. The molecule has 6 nitrogen and oxygen atoms in total. The Bertz CT molecular complexity index is 1230. The molecule has 0 aliphatic carbocycles. The van der Waals surface area contributed by atoms with Crippen LogP contribution < -0.4 is 0 Å². The van der Waals surface area contributed by atoms with Crippen LogP contribution in [0.5, 0.6) is 0 Å². The minimum atomic E-state index is -0.802. The molecule has 65 heavy (non-hydrogen) atoms. The molecule has 374 valence electrons. The zero-order chi connectivity index (χ0) is 47.2. The van der Waals surface area contributed by atoms with Crippen LogP contribution in [0.1, 0.15) is 265 Å². The SMILES string of the molecule is CC/C=C\C/C=C\C/C=C\C/C=C\C/C=C\C/C=C\CCC(=O)OC[C@@H](COC(=O)CCCCCCCCCCCCCCC)OC(=O)CCCCCCCCCCCCCCCCC. The zero-order valence-corrected chi connectivity index (χ0v) is 42.7. The van der Waals surface area contributed by atoms with Crippen molar-refractivity contribution in [3.63, 3.8) is 0 Å². The first kappa shape index (κ1) is 61.9. The first-order valence-corrected chi connectivity index (χ1v) is 27.4. The third-order valence-electron chi connectivity index (χ3n) is 11.7. The van der Waals surface area contributed by atoms with E-state index in [2.05, 4.69) is 87.6 Å². The summed E-state index contributed by atoms with van der Waals surface area (Å²) < 4.78 is 16.8. The van der Waals surface area contributed by atoms with E-state index < -0.39 is 6.10 Å². The van der Waals surface area contributed by atoms with E-state index in [1.807, 2.05) is 6.08 Å². The standard InChI is InChI=1S/C59H102O6/c1-4-7-10-13-16-19-22-25-27-28-29-30-32-34-37-40-43-46-49-52-58(61)64-55-56(54-63-57(60)51-48-45-42-39-36-33-24-21-18-15-12-9-6-3)65-59(62)53-50-47-44-41-38-35-31-26-23-20-17-14-11-8-5-2/h7,10,16,19,25,27,29-30,34,37,43,46,56H,4-6,8-9,11-15,17-18,20-24,26,28,31-33,35-36,38-42,44-45,47-55H2,1-3H3/b10-7-,19-16-,27-25-,30-29-,37-34-,46-43-/t56-/m1/s1. The third kappa shape index (κ3) is 51.7. The van der Waals surface area contributed by atoms with Crippen molar-refractivity contribution in [1.82, 2.24) is 0 Å². The van der Waals surface area contributed by atoms with Gasteiger partial charge in [0.05, 0.1) is 0 Å². The summed E-state index contributed by atoms with van der Waals surface area (Å²) in [5.74, 6) is -0.974.